The van der Waals surface area contributed by atoms with E-state index in [2.05, 4.69) is 33.0 Å². The monoisotopic (exact) mass is 298 g/mol. The van der Waals surface area contributed by atoms with Crippen LogP contribution in [0.15, 0.2) is 35.2 Å². The largest absolute Gasteiger partial charge is 0.337 e. The number of imidazole rings is 1. The highest BCUT2D eigenvalue weighted by Gasteiger charge is 2.05. The lowest BCUT2D eigenvalue weighted by Crippen LogP contribution is -1.98. The first-order valence-corrected chi connectivity index (χ1v) is 6.24. The van der Waals surface area contributed by atoms with E-state index < -0.39 is 0 Å². The molecule has 0 saturated carbocycles. The van der Waals surface area contributed by atoms with Crippen molar-refractivity contribution in [2.75, 3.05) is 0 Å². The van der Waals surface area contributed by atoms with E-state index in [1.54, 1.807) is 0 Å². The van der Waals surface area contributed by atoms with E-state index in [1.807, 2.05) is 30.1 Å². The lowest BCUT2D eigenvalue weighted by atomic mass is 10.1. The van der Waals surface area contributed by atoms with Crippen molar-refractivity contribution in [3.8, 4) is 0 Å². The van der Waals surface area contributed by atoms with Gasteiger partial charge in [-0.1, -0.05) is 23.7 Å². The molecule has 0 radical (unpaired) electrons. The summed E-state index contributed by atoms with van der Waals surface area (Å²) in [6.07, 6.45) is 3.79. The van der Waals surface area contributed by atoms with Gasteiger partial charge in [0.2, 0.25) is 0 Å². The molecule has 0 fully saturated rings. The van der Waals surface area contributed by atoms with Crippen molar-refractivity contribution in [3.05, 3.63) is 51.5 Å². The first kappa shape index (κ1) is 11.7. The fraction of sp³-hybridized carbons (Fsp3) is 0.250. The number of benzene rings is 1. The predicted octanol–water partition coefficient (Wildman–Crippen LogP) is 3.62. The van der Waals surface area contributed by atoms with Gasteiger partial charge in [-0.05, 0) is 46.5 Å². The topological polar surface area (TPSA) is 17.8 Å². The van der Waals surface area contributed by atoms with Gasteiger partial charge in [0, 0.05) is 12.1 Å². The third-order valence-electron chi connectivity index (χ3n) is 2.57. The van der Waals surface area contributed by atoms with Crippen LogP contribution in [0, 0.1) is 0 Å². The van der Waals surface area contributed by atoms with Gasteiger partial charge in [-0.2, -0.15) is 0 Å². The maximum atomic E-state index is 5.84. The highest BCUT2D eigenvalue weighted by atomic mass is 79.9. The highest BCUT2D eigenvalue weighted by molar-refractivity contribution is 9.10. The Labute approximate surface area is 108 Å². The highest BCUT2D eigenvalue weighted by Crippen LogP contribution is 2.17. The molecule has 0 atom stereocenters. The first-order valence-electron chi connectivity index (χ1n) is 5.07. The second kappa shape index (κ2) is 5.02. The molecular weight excluding hydrogens is 288 g/mol. The molecule has 0 aliphatic carbocycles. The standard InChI is InChI=1S/C12H12BrClN2/c1-16-8-15-12(13)11(16)7-4-9-2-5-10(14)6-3-9/h2-3,5-6,8H,4,7H2,1H3. The smallest absolute Gasteiger partial charge is 0.127 e. The molecular formula is C12H12BrClN2. The molecule has 0 spiro atoms. The van der Waals surface area contributed by atoms with E-state index in [1.165, 1.54) is 11.3 Å². The van der Waals surface area contributed by atoms with Crippen LogP contribution in [0.25, 0.3) is 0 Å². The molecule has 4 heteroatoms. The number of halogens is 2. The molecule has 84 valence electrons. The zero-order valence-corrected chi connectivity index (χ0v) is 11.3. The molecule has 0 aliphatic heterocycles. The van der Waals surface area contributed by atoms with E-state index in [4.69, 9.17) is 11.6 Å². The van der Waals surface area contributed by atoms with Crippen molar-refractivity contribution in [2.45, 2.75) is 12.8 Å². The van der Waals surface area contributed by atoms with Crippen molar-refractivity contribution in [1.82, 2.24) is 9.55 Å². The van der Waals surface area contributed by atoms with Gasteiger partial charge in [-0.15, -0.1) is 0 Å². The number of aromatic nitrogens is 2. The lowest BCUT2D eigenvalue weighted by molar-refractivity contribution is 0.795. The zero-order chi connectivity index (χ0) is 11.5. The van der Waals surface area contributed by atoms with E-state index in [0.29, 0.717) is 0 Å². The van der Waals surface area contributed by atoms with Gasteiger partial charge < -0.3 is 4.57 Å². The summed E-state index contributed by atoms with van der Waals surface area (Å²) in [5.74, 6) is 0. The maximum Gasteiger partial charge on any atom is 0.127 e. The second-order valence-corrected chi connectivity index (χ2v) is 4.91. The number of nitrogens with zero attached hydrogens (tertiary/aromatic N) is 2. The first-order chi connectivity index (χ1) is 7.66. The van der Waals surface area contributed by atoms with Gasteiger partial charge >= 0.3 is 0 Å². The maximum absolute atomic E-state index is 5.84. The molecule has 1 heterocycles. The predicted molar refractivity (Wildman–Crippen MR) is 69.8 cm³/mol. The van der Waals surface area contributed by atoms with Crippen molar-refractivity contribution in [2.24, 2.45) is 7.05 Å². The Morgan fingerprint density at radius 1 is 1.25 bits per heavy atom. The third-order valence-corrected chi connectivity index (χ3v) is 3.49. The summed E-state index contributed by atoms with van der Waals surface area (Å²) in [7, 11) is 2.01. The minimum absolute atomic E-state index is 0.783. The zero-order valence-electron chi connectivity index (χ0n) is 8.95. The van der Waals surface area contributed by atoms with Crippen LogP contribution in [0.2, 0.25) is 5.02 Å². The average Bonchev–Trinajstić information content (AvgIpc) is 2.59. The van der Waals surface area contributed by atoms with Crippen molar-refractivity contribution >= 4 is 27.5 Å². The minimum atomic E-state index is 0.783. The quantitative estimate of drug-likeness (QED) is 0.846. The van der Waals surface area contributed by atoms with Crippen LogP contribution in [0.5, 0.6) is 0 Å². The summed E-state index contributed by atoms with van der Waals surface area (Å²) < 4.78 is 2.98. The van der Waals surface area contributed by atoms with E-state index in [-0.39, 0.29) is 0 Å². The Balaban J connectivity index is 2.05. The molecule has 1 aromatic heterocycles. The van der Waals surface area contributed by atoms with Gasteiger partial charge in [0.15, 0.2) is 0 Å². The van der Waals surface area contributed by atoms with Gasteiger partial charge in [-0.3, -0.25) is 0 Å². The summed E-state index contributed by atoms with van der Waals surface area (Å²) in [5.41, 5.74) is 2.51. The molecule has 2 aromatic rings. The van der Waals surface area contributed by atoms with E-state index in [9.17, 15) is 0 Å². The fourth-order valence-corrected chi connectivity index (χ4v) is 2.32. The molecule has 0 N–H and O–H groups in total. The van der Waals surface area contributed by atoms with Crippen LogP contribution < -0.4 is 0 Å². The Kier molecular flexibility index (Phi) is 3.66. The number of aryl methyl sites for hydroxylation is 2. The molecule has 0 unspecified atom stereocenters. The molecule has 0 bridgehead atoms. The molecule has 0 saturated heterocycles. The second-order valence-electron chi connectivity index (χ2n) is 3.72. The summed E-state index contributed by atoms with van der Waals surface area (Å²) in [6.45, 7) is 0. The summed E-state index contributed by atoms with van der Waals surface area (Å²) >= 11 is 9.29. The number of rotatable bonds is 3. The molecule has 0 aliphatic rings. The summed E-state index contributed by atoms with van der Waals surface area (Å²) in [6, 6.07) is 7.98. The van der Waals surface area contributed by atoms with Crippen LogP contribution >= 0.6 is 27.5 Å². The van der Waals surface area contributed by atoms with E-state index >= 15 is 0 Å². The van der Waals surface area contributed by atoms with Crippen LogP contribution in [0.1, 0.15) is 11.3 Å². The van der Waals surface area contributed by atoms with Crippen molar-refractivity contribution in [3.63, 3.8) is 0 Å². The number of hydrogen-bond acceptors (Lipinski definition) is 1. The SMILES string of the molecule is Cn1cnc(Br)c1CCc1ccc(Cl)cc1. The van der Waals surface area contributed by atoms with Crippen LogP contribution in [0.3, 0.4) is 0 Å². The van der Waals surface area contributed by atoms with Crippen LogP contribution in [0.4, 0.5) is 0 Å². The molecule has 1 aromatic carbocycles. The summed E-state index contributed by atoms with van der Waals surface area (Å²) in [5, 5.41) is 0.783. The Hall–Kier alpha value is -0.800. The molecule has 0 amide bonds. The average molecular weight is 300 g/mol. The third kappa shape index (κ3) is 2.66. The molecule has 16 heavy (non-hydrogen) atoms. The van der Waals surface area contributed by atoms with E-state index in [0.717, 1.165) is 22.5 Å². The molecule has 2 nitrogen and oxygen atoms in total. The van der Waals surface area contributed by atoms with Crippen molar-refractivity contribution < 1.29 is 0 Å². The van der Waals surface area contributed by atoms with Gasteiger partial charge in [-0.25, -0.2) is 4.98 Å². The minimum Gasteiger partial charge on any atom is -0.337 e. The Morgan fingerprint density at radius 3 is 2.50 bits per heavy atom. The van der Waals surface area contributed by atoms with Gasteiger partial charge in [0.25, 0.3) is 0 Å². The van der Waals surface area contributed by atoms with Crippen LogP contribution in [-0.4, -0.2) is 9.55 Å². The van der Waals surface area contributed by atoms with Crippen molar-refractivity contribution in [1.29, 1.82) is 0 Å². The van der Waals surface area contributed by atoms with Crippen LogP contribution in [-0.2, 0) is 19.9 Å². The number of hydrogen-bond donors (Lipinski definition) is 0. The normalized spacial score (nSPS) is 10.7. The lowest BCUT2D eigenvalue weighted by Gasteiger charge is -2.03. The Morgan fingerprint density at radius 2 is 1.94 bits per heavy atom. The van der Waals surface area contributed by atoms with Gasteiger partial charge in [0.1, 0.15) is 4.60 Å². The fourth-order valence-electron chi connectivity index (χ4n) is 1.62. The summed E-state index contributed by atoms with van der Waals surface area (Å²) in [4.78, 5) is 4.20. The van der Waals surface area contributed by atoms with Gasteiger partial charge in [0.05, 0.1) is 12.0 Å². The molecule has 2 rings (SSSR count). The Bertz CT molecular complexity index is 457.